The van der Waals surface area contributed by atoms with Crippen LogP contribution in [0.15, 0.2) is 21.5 Å². The molecule has 0 bridgehead atoms. The summed E-state index contributed by atoms with van der Waals surface area (Å²) in [6.45, 7) is 2.53. The molecule has 0 aliphatic rings. The molecule has 2 aromatic rings. The van der Waals surface area contributed by atoms with Crippen LogP contribution in [-0.4, -0.2) is 21.2 Å². The van der Waals surface area contributed by atoms with E-state index < -0.39 is 0 Å². The van der Waals surface area contributed by atoms with Gasteiger partial charge in [0.25, 0.3) is 0 Å². The van der Waals surface area contributed by atoms with Crippen molar-refractivity contribution in [3.8, 4) is 5.75 Å². The molecule has 0 amide bonds. The molecule has 0 saturated heterocycles. The van der Waals surface area contributed by atoms with E-state index in [-0.39, 0.29) is 0 Å². The fourth-order valence-corrected chi connectivity index (χ4v) is 1.90. The summed E-state index contributed by atoms with van der Waals surface area (Å²) in [4.78, 5) is 4.21. The van der Waals surface area contributed by atoms with Gasteiger partial charge < -0.3 is 4.74 Å². The first-order valence-electron chi connectivity index (χ1n) is 4.05. The van der Waals surface area contributed by atoms with Crippen molar-refractivity contribution < 1.29 is 4.74 Å². The van der Waals surface area contributed by atoms with Crippen LogP contribution in [0.3, 0.4) is 0 Å². The fraction of sp³-hybridized carbons (Fsp3) is 0.250. The number of halogens is 2. The highest BCUT2D eigenvalue weighted by Crippen LogP contribution is 2.29. The van der Waals surface area contributed by atoms with E-state index in [1.807, 2.05) is 19.2 Å². The molecule has 4 nitrogen and oxygen atoms in total. The van der Waals surface area contributed by atoms with Crippen LogP contribution in [0.5, 0.6) is 5.75 Å². The van der Waals surface area contributed by atoms with E-state index in [4.69, 9.17) is 4.74 Å². The van der Waals surface area contributed by atoms with Crippen molar-refractivity contribution in [1.82, 2.24) is 14.6 Å². The molecule has 0 radical (unpaired) electrons. The molecule has 0 atom stereocenters. The molecule has 0 N–H and O–H groups in total. The lowest BCUT2D eigenvalue weighted by atomic mass is 10.4. The van der Waals surface area contributed by atoms with Gasteiger partial charge in [0.2, 0.25) is 4.73 Å². The van der Waals surface area contributed by atoms with Crippen molar-refractivity contribution in [1.29, 1.82) is 0 Å². The van der Waals surface area contributed by atoms with Crippen molar-refractivity contribution >= 4 is 37.5 Å². The zero-order valence-corrected chi connectivity index (χ0v) is 10.5. The molecule has 0 fully saturated rings. The number of rotatable bonds is 2. The molecule has 0 aliphatic heterocycles. The molecule has 2 rings (SSSR count). The van der Waals surface area contributed by atoms with Crippen LogP contribution in [0.1, 0.15) is 6.92 Å². The second kappa shape index (κ2) is 3.86. The normalized spacial score (nSPS) is 10.8. The van der Waals surface area contributed by atoms with Gasteiger partial charge in [-0.25, -0.2) is 4.52 Å². The maximum absolute atomic E-state index is 5.47. The molecule has 2 aromatic heterocycles. The molecule has 2 heterocycles. The summed E-state index contributed by atoms with van der Waals surface area (Å²) in [7, 11) is 0. The first kappa shape index (κ1) is 9.92. The highest BCUT2D eigenvalue weighted by atomic mass is 79.9. The summed E-state index contributed by atoms with van der Waals surface area (Å²) in [6.07, 6.45) is 1.82. The van der Waals surface area contributed by atoms with Gasteiger partial charge in [0.15, 0.2) is 11.4 Å². The SMILES string of the molecule is CCOc1c(Br)ccn2nc(Br)nc12. The third-order valence-electron chi connectivity index (χ3n) is 1.68. The Hall–Kier alpha value is -0.620. The van der Waals surface area contributed by atoms with Gasteiger partial charge in [-0.3, -0.25) is 0 Å². The molecule has 74 valence electrons. The van der Waals surface area contributed by atoms with Gasteiger partial charge in [-0.1, -0.05) is 0 Å². The highest BCUT2D eigenvalue weighted by molar-refractivity contribution is 9.10. The number of nitrogens with zero attached hydrogens (tertiary/aromatic N) is 3. The standard InChI is InChI=1S/C8H7Br2N3O/c1-2-14-6-5(9)3-4-13-7(6)11-8(10)12-13/h3-4H,2H2,1H3. The van der Waals surface area contributed by atoms with Crippen LogP contribution in [0, 0.1) is 0 Å². The predicted octanol–water partition coefficient (Wildman–Crippen LogP) is 2.65. The summed E-state index contributed by atoms with van der Waals surface area (Å²) < 4.78 is 8.57. The molecule has 0 spiro atoms. The van der Waals surface area contributed by atoms with Gasteiger partial charge in [-0.15, -0.1) is 5.10 Å². The zero-order valence-electron chi connectivity index (χ0n) is 7.37. The Morgan fingerprint density at radius 3 is 3.00 bits per heavy atom. The lowest BCUT2D eigenvalue weighted by Crippen LogP contribution is -1.97. The van der Waals surface area contributed by atoms with Gasteiger partial charge in [-0.05, 0) is 44.8 Å². The van der Waals surface area contributed by atoms with Gasteiger partial charge in [0.05, 0.1) is 11.1 Å². The van der Waals surface area contributed by atoms with Gasteiger partial charge in [-0.2, -0.15) is 4.98 Å². The minimum Gasteiger partial charge on any atom is -0.489 e. The van der Waals surface area contributed by atoms with Crippen molar-refractivity contribution in [2.75, 3.05) is 6.61 Å². The summed E-state index contributed by atoms with van der Waals surface area (Å²) in [6, 6.07) is 1.87. The number of hydrogen-bond acceptors (Lipinski definition) is 3. The smallest absolute Gasteiger partial charge is 0.218 e. The third kappa shape index (κ3) is 1.64. The van der Waals surface area contributed by atoms with E-state index in [9.17, 15) is 0 Å². The lowest BCUT2D eigenvalue weighted by molar-refractivity contribution is 0.340. The Bertz CT molecular complexity index is 469. The number of aromatic nitrogens is 3. The largest absolute Gasteiger partial charge is 0.489 e. The molecule has 0 aliphatic carbocycles. The van der Waals surface area contributed by atoms with Crippen LogP contribution >= 0.6 is 31.9 Å². The number of pyridine rings is 1. The van der Waals surface area contributed by atoms with E-state index in [2.05, 4.69) is 41.9 Å². The zero-order chi connectivity index (χ0) is 10.1. The summed E-state index contributed by atoms with van der Waals surface area (Å²) >= 11 is 6.63. The summed E-state index contributed by atoms with van der Waals surface area (Å²) in [5.41, 5.74) is 0.702. The summed E-state index contributed by atoms with van der Waals surface area (Å²) in [5, 5.41) is 4.12. The van der Waals surface area contributed by atoms with Crippen LogP contribution in [0.4, 0.5) is 0 Å². The maximum atomic E-state index is 5.47. The first-order valence-corrected chi connectivity index (χ1v) is 5.64. The second-order valence-electron chi connectivity index (χ2n) is 2.57. The van der Waals surface area contributed by atoms with Gasteiger partial charge in [0, 0.05) is 6.20 Å². The van der Waals surface area contributed by atoms with Gasteiger partial charge >= 0.3 is 0 Å². The van der Waals surface area contributed by atoms with E-state index in [0.29, 0.717) is 22.7 Å². The van der Waals surface area contributed by atoms with Crippen LogP contribution in [-0.2, 0) is 0 Å². The molecular formula is C8H7Br2N3O. The topological polar surface area (TPSA) is 39.4 Å². The lowest BCUT2D eigenvalue weighted by Gasteiger charge is -2.05. The monoisotopic (exact) mass is 319 g/mol. The fourth-order valence-electron chi connectivity index (χ4n) is 1.15. The Morgan fingerprint density at radius 2 is 2.29 bits per heavy atom. The minimum absolute atomic E-state index is 0.552. The Labute approximate surface area is 97.5 Å². The Balaban J connectivity index is 2.68. The minimum atomic E-state index is 0.552. The average Bonchev–Trinajstić information content (AvgIpc) is 2.51. The predicted molar refractivity (Wildman–Crippen MR) is 59.6 cm³/mol. The van der Waals surface area contributed by atoms with Gasteiger partial charge in [0.1, 0.15) is 0 Å². The Kier molecular flexibility index (Phi) is 2.73. The van der Waals surface area contributed by atoms with Crippen LogP contribution in [0.25, 0.3) is 5.65 Å². The number of fused-ring (bicyclic) bond motifs is 1. The highest BCUT2D eigenvalue weighted by Gasteiger charge is 2.10. The van der Waals surface area contributed by atoms with Crippen molar-refractivity contribution in [2.24, 2.45) is 0 Å². The van der Waals surface area contributed by atoms with Crippen molar-refractivity contribution in [3.05, 3.63) is 21.5 Å². The second-order valence-corrected chi connectivity index (χ2v) is 4.14. The number of ether oxygens (including phenoxy) is 1. The molecule has 0 aromatic carbocycles. The molecule has 0 saturated carbocycles. The Morgan fingerprint density at radius 1 is 1.50 bits per heavy atom. The quantitative estimate of drug-likeness (QED) is 0.854. The average molecular weight is 321 g/mol. The molecular weight excluding hydrogens is 314 g/mol. The van der Waals surface area contributed by atoms with E-state index in [1.165, 1.54) is 0 Å². The van der Waals surface area contributed by atoms with Crippen molar-refractivity contribution in [2.45, 2.75) is 6.92 Å². The van der Waals surface area contributed by atoms with E-state index in [1.54, 1.807) is 4.52 Å². The molecule has 6 heteroatoms. The third-order valence-corrected chi connectivity index (χ3v) is 2.64. The molecule has 14 heavy (non-hydrogen) atoms. The van der Waals surface area contributed by atoms with Crippen LogP contribution < -0.4 is 4.74 Å². The van der Waals surface area contributed by atoms with Crippen molar-refractivity contribution in [3.63, 3.8) is 0 Å². The van der Waals surface area contributed by atoms with E-state index in [0.717, 1.165) is 4.47 Å². The molecule has 0 unspecified atom stereocenters. The maximum Gasteiger partial charge on any atom is 0.218 e. The summed E-state index contributed by atoms with van der Waals surface area (Å²) in [5.74, 6) is 0.716. The number of hydrogen-bond donors (Lipinski definition) is 0. The van der Waals surface area contributed by atoms with Crippen LogP contribution in [0.2, 0.25) is 0 Å². The first-order chi connectivity index (χ1) is 6.72. The van der Waals surface area contributed by atoms with E-state index >= 15 is 0 Å².